The van der Waals surface area contributed by atoms with Crippen molar-refractivity contribution in [2.24, 2.45) is 5.92 Å². The third kappa shape index (κ3) is 3.41. The van der Waals surface area contributed by atoms with Gasteiger partial charge >= 0.3 is 0 Å². The average Bonchev–Trinajstić information content (AvgIpc) is 3.31. The zero-order chi connectivity index (χ0) is 19.4. The topological polar surface area (TPSA) is 26.0 Å². The minimum atomic E-state index is 0. The number of aryl methyl sites for hydroxylation is 4. The van der Waals surface area contributed by atoms with E-state index in [1.165, 1.54) is 56.5 Å². The lowest BCUT2D eigenvalue weighted by molar-refractivity contribution is 0.509. The van der Waals surface area contributed by atoms with Crippen LogP contribution >= 0.6 is 23.7 Å². The molecule has 1 aliphatic rings. The Morgan fingerprint density at radius 2 is 1.83 bits per heavy atom. The normalized spacial score (nSPS) is 15.9. The number of rotatable bonds is 2. The quantitative estimate of drug-likeness (QED) is 0.330. The number of aromatic nitrogens is 1. The summed E-state index contributed by atoms with van der Waals surface area (Å²) in [4.78, 5) is 7.82. The first kappa shape index (κ1) is 20.2. The molecule has 0 bridgehead atoms. The van der Waals surface area contributed by atoms with Gasteiger partial charge in [-0.2, -0.15) is 0 Å². The molecule has 3 aromatic heterocycles. The molecule has 3 heterocycles. The van der Waals surface area contributed by atoms with Crippen molar-refractivity contribution in [1.82, 2.24) is 4.98 Å². The van der Waals surface area contributed by atoms with Crippen molar-refractivity contribution in [3.63, 3.8) is 0 Å². The fourth-order valence-electron chi connectivity index (χ4n) is 4.44. The van der Waals surface area contributed by atoms with E-state index < -0.39 is 0 Å². The van der Waals surface area contributed by atoms with Gasteiger partial charge in [-0.05, 0) is 92.5 Å². The molecule has 0 fully saturated rings. The number of fused-ring (bicyclic) bond motifs is 3. The highest BCUT2D eigenvalue weighted by Crippen LogP contribution is 2.43. The van der Waals surface area contributed by atoms with Crippen LogP contribution in [-0.2, 0) is 12.8 Å². The molecule has 4 heteroatoms. The Hall–Kier alpha value is -2.10. The lowest BCUT2D eigenvalue weighted by Crippen LogP contribution is -2.08. The Bertz CT molecular complexity index is 1190. The van der Waals surface area contributed by atoms with Gasteiger partial charge in [0.1, 0.15) is 10.6 Å². The van der Waals surface area contributed by atoms with E-state index in [0.717, 1.165) is 28.6 Å². The van der Waals surface area contributed by atoms with E-state index in [1.54, 1.807) is 6.26 Å². The van der Waals surface area contributed by atoms with Crippen molar-refractivity contribution < 1.29 is 4.42 Å². The van der Waals surface area contributed by atoms with Crippen LogP contribution in [0.25, 0.3) is 32.8 Å². The SMILES string of the molecule is Cc1cc(C)c(-c2cc(-c3ccco3)c3c4c(sc3n2)CC(C)CC4)cc1C.Cl. The first-order chi connectivity index (χ1) is 13.5. The molecule has 0 saturated heterocycles. The molecule has 1 atom stereocenters. The zero-order valence-electron chi connectivity index (χ0n) is 17.3. The van der Waals surface area contributed by atoms with Crippen LogP contribution in [0.3, 0.4) is 0 Å². The molecule has 0 radical (unpaired) electrons. The Morgan fingerprint density at radius 1 is 1.03 bits per heavy atom. The van der Waals surface area contributed by atoms with Gasteiger partial charge < -0.3 is 4.42 Å². The summed E-state index contributed by atoms with van der Waals surface area (Å²) in [6.45, 7) is 8.89. The van der Waals surface area contributed by atoms with Gasteiger partial charge in [-0.15, -0.1) is 23.7 Å². The third-order valence-corrected chi connectivity index (χ3v) is 7.32. The highest BCUT2D eigenvalue weighted by Gasteiger charge is 2.24. The Kier molecular flexibility index (Phi) is 5.30. The highest BCUT2D eigenvalue weighted by atomic mass is 35.5. The minimum Gasteiger partial charge on any atom is -0.464 e. The Morgan fingerprint density at radius 3 is 2.59 bits per heavy atom. The predicted molar refractivity (Wildman–Crippen MR) is 125 cm³/mol. The number of furan rings is 1. The van der Waals surface area contributed by atoms with E-state index in [-0.39, 0.29) is 12.4 Å². The van der Waals surface area contributed by atoms with Crippen molar-refractivity contribution in [3.8, 4) is 22.6 Å². The van der Waals surface area contributed by atoms with Gasteiger partial charge in [-0.3, -0.25) is 0 Å². The number of benzene rings is 1. The van der Waals surface area contributed by atoms with Crippen molar-refractivity contribution in [1.29, 1.82) is 0 Å². The average molecular weight is 424 g/mol. The molecular weight excluding hydrogens is 398 g/mol. The van der Waals surface area contributed by atoms with E-state index in [0.29, 0.717) is 0 Å². The number of pyridine rings is 1. The molecule has 0 aliphatic heterocycles. The second kappa shape index (κ2) is 7.62. The first-order valence-corrected chi connectivity index (χ1v) is 10.9. The molecule has 29 heavy (non-hydrogen) atoms. The molecule has 2 nitrogen and oxygen atoms in total. The van der Waals surface area contributed by atoms with Crippen molar-refractivity contribution in [2.45, 2.75) is 47.0 Å². The van der Waals surface area contributed by atoms with Crippen molar-refractivity contribution in [3.05, 3.63) is 63.7 Å². The maximum absolute atomic E-state index is 5.85. The molecule has 1 unspecified atom stereocenters. The van der Waals surface area contributed by atoms with Gasteiger partial charge in [0.25, 0.3) is 0 Å². The van der Waals surface area contributed by atoms with Crippen LogP contribution in [0, 0.1) is 26.7 Å². The number of halogens is 1. The van der Waals surface area contributed by atoms with E-state index >= 15 is 0 Å². The van der Waals surface area contributed by atoms with Crippen LogP contribution in [0.5, 0.6) is 0 Å². The maximum Gasteiger partial charge on any atom is 0.134 e. The monoisotopic (exact) mass is 423 g/mol. The summed E-state index contributed by atoms with van der Waals surface area (Å²) in [5, 5.41) is 1.31. The van der Waals surface area contributed by atoms with Crippen molar-refractivity contribution >= 4 is 34.0 Å². The van der Waals surface area contributed by atoms with Gasteiger partial charge in [0.15, 0.2) is 0 Å². The van der Waals surface area contributed by atoms with Crippen LogP contribution in [0.4, 0.5) is 0 Å². The summed E-state index contributed by atoms with van der Waals surface area (Å²) in [7, 11) is 0. The highest BCUT2D eigenvalue weighted by molar-refractivity contribution is 7.19. The van der Waals surface area contributed by atoms with Gasteiger partial charge in [0, 0.05) is 21.4 Å². The van der Waals surface area contributed by atoms with Crippen LogP contribution < -0.4 is 0 Å². The van der Waals surface area contributed by atoms with Gasteiger partial charge in [0.2, 0.25) is 0 Å². The van der Waals surface area contributed by atoms with E-state index in [1.807, 2.05) is 17.4 Å². The summed E-state index contributed by atoms with van der Waals surface area (Å²) in [6, 6.07) is 10.8. The summed E-state index contributed by atoms with van der Waals surface area (Å²) in [6.07, 6.45) is 5.34. The number of nitrogens with zero attached hydrogens (tertiary/aromatic N) is 1. The van der Waals surface area contributed by atoms with Crippen molar-refractivity contribution in [2.75, 3.05) is 0 Å². The van der Waals surface area contributed by atoms with Gasteiger partial charge in [-0.1, -0.05) is 13.0 Å². The number of hydrogen-bond donors (Lipinski definition) is 0. The van der Waals surface area contributed by atoms with Crippen LogP contribution in [0.15, 0.2) is 41.0 Å². The standard InChI is InChI=1S/C25H25NOS.ClH/c1-14-7-8-18-23(10-14)28-25-24(18)20(22-6-5-9-27-22)13-21(26-25)19-12-16(3)15(2)11-17(19)4;/h5-6,9,11-14H,7-8,10H2,1-4H3;1H. The molecule has 0 saturated carbocycles. The summed E-state index contributed by atoms with van der Waals surface area (Å²) >= 11 is 1.88. The first-order valence-electron chi connectivity index (χ1n) is 10.1. The van der Waals surface area contributed by atoms with Gasteiger partial charge in [0.05, 0.1) is 12.0 Å². The number of thiophene rings is 1. The molecular formula is C25H26ClNOS. The lowest BCUT2D eigenvalue weighted by atomic mass is 9.87. The molecule has 0 N–H and O–H groups in total. The van der Waals surface area contributed by atoms with Crippen LogP contribution in [0.1, 0.15) is 40.5 Å². The second-order valence-corrected chi connectivity index (χ2v) is 9.40. The summed E-state index contributed by atoms with van der Waals surface area (Å²) in [5.74, 6) is 1.70. The van der Waals surface area contributed by atoms with E-state index in [2.05, 4.69) is 52.0 Å². The van der Waals surface area contributed by atoms with Crippen LogP contribution in [0.2, 0.25) is 0 Å². The fourth-order valence-corrected chi connectivity index (χ4v) is 5.85. The predicted octanol–water partition coefficient (Wildman–Crippen LogP) is 7.70. The molecule has 5 rings (SSSR count). The fraction of sp³-hybridized carbons (Fsp3) is 0.320. The summed E-state index contributed by atoms with van der Waals surface area (Å²) in [5.41, 5.74) is 8.87. The maximum atomic E-state index is 5.85. The molecule has 1 aromatic carbocycles. The second-order valence-electron chi connectivity index (χ2n) is 8.32. The minimum absolute atomic E-state index is 0. The lowest BCUT2D eigenvalue weighted by Gasteiger charge is -2.18. The Balaban J connectivity index is 0.00000205. The number of hydrogen-bond acceptors (Lipinski definition) is 3. The van der Waals surface area contributed by atoms with Gasteiger partial charge in [-0.25, -0.2) is 4.98 Å². The smallest absolute Gasteiger partial charge is 0.134 e. The third-order valence-electron chi connectivity index (χ3n) is 6.17. The molecule has 0 amide bonds. The van der Waals surface area contributed by atoms with E-state index in [9.17, 15) is 0 Å². The molecule has 0 spiro atoms. The summed E-state index contributed by atoms with van der Waals surface area (Å²) < 4.78 is 5.85. The molecule has 4 aromatic rings. The zero-order valence-corrected chi connectivity index (χ0v) is 19.0. The Labute approximate surface area is 182 Å². The molecule has 150 valence electrons. The van der Waals surface area contributed by atoms with E-state index in [4.69, 9.17) is 9.40 Å². The van der Waals surface area contributed by atoms with Crippen LogP contribution in [-0.4, -0.2) is 4.98 Å². The largest absolute Gasteiger partial charge is 0.464 e. The molecule has 1 aliphatic carbocycles.